The zero-order chi connectivity index (χ0) is 23.7. The summed E-state index contributed by atoms with van der Waals surface area (Å²) < 4.78 is 24.8. The van der Waals surface area contributed by atoms with Gasteiger partial charge in [0.25, 0.3) is 5.91 Å². The Bertz CT molecular complexity index is 1200. The molecule has 0 atom stereocenters. The Kier molecular flexibility index (Phi) is 10.9. The third kappa shape index (κ3) is 8.68. The van der Waals surface area contributed by atoms with Crippen LogP contribution in [0, 0.1) is 0 Å². The number of primary sulfonamides is 1. The maximum Gasteiger partial charge on any atom is 0.252 e. The van der Waals surface area contributed by atoms with Crippen LogP contribution in [-0.4, -0.2) is 19.4 Å². The van der Waals surface area contributed by atoms with Gasteiger partial charge in [-0.2, -0.15) is 0 Å². The molecule has 10 heteroatoms. The Balaban J connectivity index is 0.00000408. The first-order valence-electron chi connectivity index (χ1n) is 10.5. The smallest absolute Gasteiger partial charge is 0.252 e. The molecule has 0 bridgehead atoms. The van der Waals surface area contributed by atoms with Crippen molar-refractivity contribution in [2.75, 3.05) is 0 Å². The summed E-state index contributed by atoms with van der Waals surface area (Å²) in [7, 11) is -3.76. The molecular weight excluding hydrogens is 538 g/mol. The predicted molar refractivity (Wildman–Crippen MR) is 127 cm³/mol. The second-order valence-electron chi connectivity index (χ2n) is 7.41. The molecule has 1 heterocycles. The average molecular weight is 565 g/mol. The van der Waals surface area contributed by atoms with Gasteiger partial charge in [0, 0.05) is 36.4 Å². The van der Waals surface area contributed by atoms with Gasteiger partial charge in [0.05, 0.1) is 10.5 Å². The fraction of sp³-hybridized carbons (Fsp3) is 0.208. The Hall–Kier alpha value is -2.53. The molecule has 0 spiro atoms. The van der Waals surface area contributed by atoms with Crippen LogP contribution in [0.15, 0.2) is 88.9 Å². The number of nitrogens with one attached hydrogen (secondary N) is 1. The molecule has 0 saturated carbocycles. The van der Waals surface area contributed by atoms with E-state index in [0.717, 1.165) is 36.7 Å². The van der Waals surface area contributed by atoms with E-state index in [1.54, 1.807) is 36.4 Å². The minimum absolute atomic E-state index is 0. The van der Waals surface area contributed by atoms with E-state index in [1.165, 1.54) is 12.1 Å². The second-order valence-corrected chi connectivity index (χ2v) is 10.1. The molecule has 0 aliphatic carbocycles. The number of hydrogen-bond acceptors (Lipinski definition) is 5. The van der Waals surface area contributed by atoms with Crippen molar-refractivity contribution in [3.05, 3.63) is 90.3 Å². The van der Waals surface area contributed by atoms with Crippen molar-refractivity contribution in [3.63, 3.8) is 0 Å². The maximum absolute atomic E-state index is 12.7. The number of amides is 1. The molecule has 0 saturated heterocycles. The zero-order valence-corrected chi connectivity index (χ0v) is 21.6. The van der Waals surface area contributed by atoms with Crippen molar-refractivity contribution in [2.24, 2.45) is 5.14 Å². The number of rotatable bonds is 10. The molecule has 1 aromatic heterocycles. The van der Waals surface area contributed by atoms with E-state index in [1.807, 2.05) is 30.6 Å². The summed E-state index contributed by atoms with van der Waals surface area (Å²) in [6, 6.07) is 18.9. The number of carbonyl (C=O) groups is 2. The van der Waals surface area contributed by atoms with Gasteiger partial charge in [-0.3, -0.25) is 9.59 Å². The first-order chi connectivity index (χ1) is 15.8. The molecule has 2 aromatic carbocycles. The van der Waals surface area contributed by atoms with Crippen LogP contribution < -0.4 is 32.0 Å². The molecule has 3 aromatic rings. The van der Waals surface area contributed by atoms with Crippen molar-refractivity contribution in [1.29, 1.82) is 0 Å². The number of benzene rings is 2. The number of carbonyl (C=O) groups excluding carboxylic acids is 2. The number of sulfonamides is 1. The number of unbranched alkanes of at least 4 members (excludes halogenated alkanes) is 1. The number of nitrogens with zero attached hydrogens (tertiary/aromatic N) is 1. The van der Waals surface area contributed by atoms with Crippen LogP contribution in [0.2, 0.25) is 0 Å². The van der Waals surface area contributed by atoms with Crippen LogP contribution in [0.25, 0.3) is 0 Å². The summed E-state index contributed by atoms with van der Waals surface area (Å²) in [5, 5.41) is 7.93. The summed E-state index contributed by atoms with van der Waals surface area (Å²) >= 11 is 1.08. The molecule has 0 aliphatic rings. The summed E-state index contributed by atoms with van der Waals surface area (Å²) in [5.41, 5.74) is 1.16. The molecule has 3 rings (SSSR count). The lowest BCUT2D eigenvalue weighted by Gasteiger charge is -2.10. The summed E-state index contributed by atoms with van der Waals surface area (Å²) in [5.74, 6) is -0.304. The largest absolute Gasteiger partial charge is 1.00 e. The molecule has 0 aliphatic heterocycles. The van der Waals surface area contributed by atoms with E-state index in [2.05, 4.69) is 9.88 Å². The van der Waals surface area contributed by atoms with E-state index in [9.17, 15) is 18.0 Å². The minimum Gasteiger partial charge on any atom is -1.00 e. The minimum atomic E-state index is -3.76. The third-order valence-corrected chi connectivity index (χ3v) is 6.82. The molecule has 0 radical (unpaired) electrons. The first-order valence-corrected chi connectivity index (χ1v) is 12.8. The van der Waals surface area contributed by atoms with E-state index in [-0.39, 0.29) is 39.4 Å². The summed E-state index contributed by atoms with van der Waals surface area (Å²) in [4.78, 5) is 25.8. The molecule has 0 unspecified atom stereocenters. The van der Waals surface area contributed by atoms with Crippen LogP contribution in [0.1, 0.15) is 35.2 Å². The van der Waals surface area contributed by atoms with Gasteiger partial charge in [0.1, 0.15) is 6.54 Å². The molecule has 0 fully saturated rings. The van der Waals surface area contributed by atoms with Gasteiger partial charge in [-0.15, -0.1) is 0 Å². The van der Waals surface area contributed by atoms with Gasteiger partial charge in [-0.1, -0.05) is 42.1 Å². The molecule has 1 amide bonds. The van der Waals surface area contributed by atoms with Gasteiger partial charge < -0.3 is 22.3 Å². The third-order valence-electron chi connectivity index (χ3n) is 4.88. The van der Waals surface area contributed by atoms with Crippen molar-refractivity contribution in [1.82, 2.24) is 5.32 Å². The van der Waals surface area contributed by atoms with Crippen LogP contribution in [0.5, 0.6) is 0 Å². The number of nitrogens with two attached hydrogens (primary N) is 1. The molecule has 180 valence electrons. The Morgan fingerprint density at radius 3 is 2.26 bits per heavy atom. The van der Waals surface area contributed by atoms with E-state index < -0.39 is 10.0 Å². The number of hydrogen-bond donors (Lipinski definition) is 2. The van der Waals surface area contributed by atoms with Crippen LogP contribution in [-0.2, 0) is 27.9 Å². The lowest BCUT2D eigenvalue weighted by Crippen LogP contribution is -3.00. The molecule has 3 N–H and O–H groups in total. The first kappa shape index (κ1) is 27.7. The Labute approximate surface area is 214 Å². The standard InChI is InChI=1S/C24H25N3O4S2.BrH/c25-33(30,31)20-13-11-19(12-14-20)18-26-24(29)21-8-2-3-9-22(21)32-23(28)10-4-7-17-27-15-5-1-6-16-27;/h1-3,5-6,8-9,11-16H,4,7,10,17-18H2,(H2-,25,26,29,30,31);1H. The average Bonchev–Trinajstić information content (AvgIpc) is 2.81. The van der Waals surface area contributed by atoms with E-state index in [4.69, 9.17) is 5.14 Å². The normalized spacial score (nSPS) is 10.9. The lowest BCUT2D eigenvalue weighted by molar-refractivity contribution is -0.697. The summed E-state index contributed by atoms with van der Waals surface area (Å²) in [6.07, 6.45) is 6.11. The second kappa shape index (κ2) is 13.4. The lowest BCUT2D eigenvalue weighted by atomic mass is 10.2. The van der Waals surface area contributed by atoms with Gasteiger partial charge in [0.15, 0.2) is 17.5 Å². The summed E-state index contributed by atoms with van der Waals surface area (Å²) in [6.45, 7) is 1.07. The zero-order valence-electron chi connectivity index (χ0n) is 18.4. The van der Waals surface area contributed by atoms with Gasteiger partial charge in [-0.05, 0) is 36.2 Å². The van der Waals surface area contributed by atoms with Crippen molar-refractivity contribution >= 4 is 32.8 Å². The van der Waals surface area contributed by atoms with Crippen molar-refractivity contribution in [3.8, 4) is 0 Å². The van der Waals surface area contributed by atoms with Crippen LogP contribution in [0.4, 0.5) is 0 Å². The molecular formula is C24H26BrN3O4S2. The highest BCUT2D eigenvalue weighted by Gasteiger charge is 2.15. The fourth-order valence-electron chi connectivity index (χ4n) is 3.14. The van der Waals surface area contributed by atoms with Crippen LogP contribution >= 0.6 is 11.8 Å². The predicted octanol–water partition coefficient (Wildman–Crippen LogP) is 0.0447. The SMILES string of the molecule is NS(=O)(=O)c1ccc(CNC(=O)c2ccccc2SC(=O)CCCC[n+]2ccccc2)cc1.[Br-]. The molecule has 34 heavy (non-hydrogen) atoms. The van der Waals surface area contributed by atoms with Gasteiger partial charge in [-0.25, -0.2) is 18.1 Å². The highest BCUT2D eigenvalue weighted by atomic mass is 79.9. The number of thioether (sulfide) groups is 1. The number of aryl methyl sites for hydroxylation is 1. The maximum atomic E-state index is 12.7. The number of aromatic nitrogens is 1. The van der Waals surface area contributed by atoms with Crippen molar-refractivity contribution in [2.45, 2.75) is 42.1 Å². The highest BCUT2D eigenvalue weighted by molar-refractivity contribution is 8.13. The topological polar surface area (TPSA) is 110 Å². The van der Waals surface area contributed by atoms with E-state index in [0.29, 0.717) is 16.9 Å². The number of halogens is 1. The highest BCUT2D eigenvalue weighted by Crippen LogP contribution is 2.25. The fourth-order valence-corrected chi connectivity index (χ4v) is 4.56. The Morgan fingerprint density at radius 1 is 0.912 bits per heavy atom. The monoisotopic (exact) mass is 563 g/mol. The van der Waals surface area contributed by atoms with E-state index >= 15 is 0 Å². The quantitative estimate of drug-likeness (QED) is 0.206. The van der Waals surface area contributed by atoms with Gasteiger partial charge in [0.2, 0.25) is 10.0 Å². The molecule has 7 nitrogen and oxygen atoms in total. The van der Waals surface area contributed by atoms with Crippen LogP contribution in [0.3, 0.4) is 0 Å². The Morgan fingerprint density at radius 2 is 1.59 bits per heavy atom. The number of pyridine rings is 1. The van der Waals surface area contributed by atoms with Crippen molar-refractivity contribution < 1.29 is 39.6 Å². The van der Waals surface area contributed by atoms with Gasteiger partial charge >= 0.3 is 0 Å².